The zero-order valence-electron chi connectivity index (χ0n) is 11.4. The van der Waals surface area contributed by atoms with E-state index >= 15 is 0 Å². The van der Waals surface area contributed by atoms with Crippen LogP contribution in [0.15, 0.2) is 36.9 Å². The van der Waals surface area contributed by atoms with Crippen LogP contribution in [0.3, 0.4) is 0 Å². The lowest BCUT2D eigenvalue weighted by Gasteiger charge is -2.07. The quantitative estimate of drug-likeness (QED) is 0.386. The van der Waals surface area contributed by atoms with E-state index in [0.717, 1.165) is 18.6 Å². The van der Waals surface area contributed by atoms with Crippen molar-refractivity contribution in [3.05, 3.63) is 36.9 Å². The molecular formula is C15H23BO3. The molecule has 1 aromatic carbocycles. The number of hydrogen-bond donors (Lipinski definition) is 2. The summed E-state index contributed by atoms with van der Waals surface area (Å²) in [7, 11) is -1.41. The third-order valence-electron chi connectivity index (χ3n) is 3.00. The highest BCUT2D eigenvalue weighted by Crippen LogP contribution is 2.10. The van der Waals surface area contributed by atoms with Crippen molar-refractivity contribution in [3.8, 4) is 5.75 Å². The van der Waals surface area contributed by atoms with Gasteiger partial charge in [-0.15, -0.1) is 6.58 Å². The molecule has 0 saturated heterocycles. The molecule has 1 aromatic rings. The molecule has 2 N–H and O–H groups in total. The minimum atomic E-state index is -1.41. The predicted molar refractivity (Wildman–Crippen MR) is 79.7 cm³/mol. The molecule has 0 aliphatic rings. The molecular weight excluding hydrogens is 239 g/mol. The monoisotopic (exact) mass is 262 g/mol. The van der Waals surface area contributed by atoms with Gasteiger partial charge >= 0.3 is 7.12 Å². The van der Waals surface area contributed by atoms with E-state index in [1.165, 1.54) is 25.7 Å². The lowest BCUT2D eigenvalue weighted by atomic mass is 9.80. The first kappa shape index (κ1) is 15.8. The zero-order valence-corrected chi connectivity index (χ0v) is 11.4. The first-order chi connectivity index (χ1) is 9.24. The Balaban J connectivity index is 2.07. The van der Waals surface area contributed by atoms with Gasteiger partial charge in [-0.3, -0.25) is 0 Å². The summed E-state index contributed by atoms with van der Waals surface area (Å²) < 4.78 is 5.59. The molecule has 0 heterocycles. The molecule has 1 rings (SSSR count). The Kier molecular flexibility index (Phi) is 8.02. The largest absolute Gasteiger partial charge is 0.494 e. The Morgan fingerprint density at radius 1 is 1.00 bits per heavy atom. The summed E-state index contributed by atoms with van der Waals surface area (Å²) in [5, 5.41) is 17.9. The summed E-state index contributed by atoms with van der Waals surface area (Å²) in [4.78, 5) is 0. The molecule has 4 heteroatoms. The van der Waals surface area contributed by atoms with Crippen LogP contribution in [0.25, 0.3) is 0 Å². The van der Waals surface area contributed by atoms with E-state index in [4.69, 9.17) is 14.8 Å². The molecule has 0 bridgehead atoms. The van der Waals surface area contributed by atoms with Crippen LogP contribution in [0.2, 0.25) is 0 Å². The number of hydrogen-bond acceptors (Lipinski definition) is 3. The molecule has 0 spiro atoms. The first-order valence-electron chi connectivity index (χ1n) is 6.94. The Labute approximate surface area is 116 Å². The van der Waals surface area contributed by atoms with E-state index in [-0.39, 0.29) is 0 Å². The van der Waals surface area contributed by atoms with Gasteiger partial charge in [-0.05, 0) is 36.9 Å². The fourth-order valence-corrected chi connectivity index (χ4v) is 1.85. The van der Waals surface area contributed by atoms with Crippen molar-refractivity contribution in [2.75, 3.05) is 6.61 Å². The number of rotatable bonds is 10. The van der Waals surface area contributed by atoms with Gasteiger partial charge in [0, 0.05) is 0 Å². The van der Waals surface area contributed by atoms with Gasteiger partial charge in [-0.25, -0.2) is 0 Å². The highest BCUT2D eigenvalue weighted by atomic mass is 16.5. The molecule has 0 fully saturated rings. The van der Waals surface area contributed by atoms with Crippen LogP contribution in [0.1, 0.15) is 38.5 Å². The molecule has 0 amide bonds. The van der Waals surface area contributed by atoms with Gasteiger partial charge in [0.2, 0.25) is 0 Å². The van der Waals surface area contributed by atoms with Gasteiger partial charge < -0.3 is 14.8 Å². The normalized spacial score (nSPS) is 10.2. The predicted octanol–water partition coefficient (Wildman–Crippen LogP) is 2.27. The minimum absolute atomic E-state index is 0.481. The van der Waals surface area contributed by atoms with E-state index in [1.807, 2.05) is 6.08 Å². The molecule has 0 unspecified atom stereocenters. The Morgan fingerprint density at radius 2 is 1.63 bits per heavy atom. The second-order valence-corrected chi connectivity index (χ2v) is 4.64. The van der Waals surface area contributed by atoms with Crippen LogP contribution in [-0.4, -0.2) is 23.8 Å². The maximum absolute atomic E-state index is 8.96. The standard InChI is InChI=1S/C15H23BO3/c1-2-3-4-5-6-7-8-13-19-15-11-9-14(10-12-15)16(17)18/h2,9-12,17-18H,1,3-8,13H2. The highest BCUT2D eigenvalue weighted by Gasteiger charge is 2.09. The maximum Gasteiger partial charge on any atom is 0.488 e. The highest BCUT2D eigenvalue weighted by molar-refractivity contribution is 6.58. The number of ether oxygens (including phenoxy) is 1. The molecule has 3 nitrogen and oxygen atoms in total. The smallest absolute Gasteiger partial charge is 0.488 e. The zero-order chi connectivity index (χ0) is 13.9. The molecule has 0 aliphatic heterocycles. The van der Waals surface area contributed by atoms with Crippen LogP contribution in [0.4, 0.5) is 0 Å². The van der Waals surface area contributed by atoms with Crippen LogP contribution in [0.5, 0.6) is 5.75 Å². The molecule has 0 aromatic heterocycles. The minimum Gasteiger partial charge on any atom is -0.494 e. The molecule has 104 valence electrons. The number of unbranched alkanes of at least 4 members (excludes halogenated alkanes) is 5. The number of allylic oxidation sites excluding steroid dienone is 1. The molecule has 19 heavy (non-hydrogen) atoms. The topological polar surface area (TPSA) is 49.7 Å². The van der Waals surface area contributed by atoms with E-state index in [9.17, 15) is 0 Å². The van der Waals surface area contributed by atoms with E-state index in [0.29, 0.717) is 12.1 Å². The van der Waals surface area contributed by atoms with Crippen LogP contribution < -0.4 is 10.2 Å². The second kappa shape index (κ2) is 9.65. The summed E-state index contributed by atoms with van der Waals surface area (Å²) in [6.07, 6.45) is 9.05. The second-order valence-electron chi connectivity index (χ2n) is 4.64. The van der Waals surface area contributed by atoms with Crippen molar-refractivity contribution in [1.82, 2.24) is 0 Å². The van der Waals surface area contributed by atoms with Gasteiger partial charge in [0.05, 0.1) is 6.61 Å². The SMILES string of the molecule is C=CCCCCCCCOc1ccc(B(O)O)cc1. The summed E-state index contributed by atoms with van der Waals surface area (Å²) in [5.41, 5.74) is 0.481. The fraction of sp³-hybridized carbons (Fsp3) is 0.467. The van der Waals surface area contributed by atoms with Gasteiger partial charge in [0.15, 0.2) is 0 Å². The van der Waals surface area contributed by atoms with Crippen LogP contribution in [-0.2, 0) is 0 Å². The van der Waals surface area contributed by atoms with E-state index in [2.05, 4.69) is 6.58 Å². The molecule has 0 aliphatic carbocycles. The third-order valence-corrected chi connectivity index (χ3v) is 3.00. The van der Waals surface area contributed by atoms with Crippen molar-refractivity contribution in [3.63, 3.8) is 0 Å². The molecule has 0 saturated carbocycles. The van der Waals surface area contributed by atoms with Gasteiger partial charge in [0.1, 0.15) is 5.75 Å². The summed E-state index contributed by atoms with van der Waals surface area (Å²) in [5.74, 6) is 0.774. The number of benzene rings is 1. The average Bonchev–Trinajstić information content (AvgIpc) is 2.42. The average molecular weight is 262 g/mol. The van der Waals surface area contributed by atoms with Crippen molar-refractivity contribution in [2.45, 2.75) is 38.5 Å². The third kappa shape index (κ3) is 7.04. The van der Waals surface area contributed by atoms with Gasteiger partial charge in [0.25, 0.3) is 0 Å². The van der Waals surface area contributed by atoms with E-state index < -0.39 is 7.12 Å². The van der Waals surface area contributed by atoms with E-state index in [1.54, 1.807) is 24.3 Å². The van der Waals surface area contributed by atoms with Gasteiger partial charge in [-0.1, -0.05) is 37.5 Å². The Hall–Kier alpha value is -1.26. The lowest BCUT2D eigenvalue weighted by Crippen LogP contribution is -2.29. The Morgan fingerprint density at radius 3 is 2.26 bits per heavy atom. The summed E-state index contributed by atoms with van der Waals surface area (Å²) in [6.45, 7) is 4.42. The van der Waals surface area contributed by atoms with Gasteiger partial charge in [-0.2, -0.15) is 0 Å². The fourth-order valence-electron chi connectivity index (χ4n) is 1.85. The molecule has 0 atom stereocenters. The lowest BCUT2D eigenvalue weighted by molar-refractivity contribution is 0.304. The van der Waals surface area contributed by atoms with Crippen molar-refractivity contribution >= 4 is 12.6 Å². The molecule has 0 radical (unpaired) electrons. The summed E-state index contributed by atoms with van der Waals surface area (Å²) in [6, 6.07) is 6.85. The Bertz CT molecular complexity index is 349. The van der Waals surface area contributed by atoms with Crippen molar-refractivity contribution < 1.29 is 14.8 Å². The first-order valence-corrected chi connectivity index (χ1v) is 6.94. The summed E-state index contributed by atoms with van der Waals surface area (Å²) >= 11 is 0. The van der Waals surface area contributed by atoms with Crippen molar-refractivity contribution in [1.29, 1.82) is 0 Å². The maximum atomic E-state index is 8.96. The van der Waals surface area contributed by atoms with Crippen molar-refractivity contribution in [2.24, 2.45) is 0 Å². The van der Waals surface area contributed by atoms with Crippen LogP contribution >= 0.6 is 0 Å². The van der Waals surface area contributed by atoms with Crippen LogP contribution in [0, 0.1) is 0 Å².